The van der Waals surface area contributed by atoms with Gasteiger partial charge in [-0.2, -0.15) is 18.2 Å². The van der Waals surface area contributed by atoms with Gasteiger partial charge in [-0.15, -0.1) is 0 Å². The second-order valence-corrected chi connectivity index (χ2v) is 9.56. The first-order valence-corrected chi connectivity index (χ1v) is 12.0. The van der Waals surface area contributed by atoms with E-state index in [0.29, 0.717) is 34.5 Å². The summed E-state index contributed by atoms with van der Waals surface area (Å²) in [6.45, 7) is 2.83. The van der Waals surface area contributed by atoms with E-state index < -0.39 is 30.0 Å². The summed E-state index contributed by atoms with van der Waals surface area (Å²) < 4.78 is 56.8. The fraction of sp³-hybridized carbons (Fsp3) is 0.458. The lowest BCUT2D eigenvalue weighted by molar-refractivity contribution is -0.154. The molecule has 2 aliphatic heterocycles. The number of anilines is 2. The van der Waals surface area contributed by atoms with E-state index in [4.69, 9.17) is 31.2 Å². The van der Waals surface area contributed by atoms with Crippen molar-refractivity contribution in [3.8, 4) is 0 Å². The van der Waals surface area contributed by atoms with Crippen molar-refractivity contribution in [2.75, 3.05) is 44.0 Å². The highest BCUT2D eigenvalue weighted by Crippen LogP contribution is 2.40. The molecule has 2 aliphatic rings. The number of nitrogen functional groups attached to an aromatic ring is 1. The molecule has 2 N–H and O–H groups in total. The zero-order chi connectivity index (χ0) is 26.5. The van der Waals surface area contributed by atoms with E-state index in [0.717, 1.165) is 12.1 Å². The maximum Gasteiger partial charge on any atom is 0.416 e. The molecule has 198 valence electrons. The molecule has 3 aromatic rings. The van der Waals surface area contributed by atoms with E-state index in [1.165, 1.54) is 6.20 Å². The van der Waals surface area contributed by atoms with Crippen LogP contribution in [0.5, 0.6) is 0 Å². The number of nitrogens with zero attached hydrogens (tertiary/aromatic N) is 4. The molecule has 1 aromatic carbocycles. The van der Waals surface area contributed by atoms with Gasteiger partial charge in [-0.1, -0.05) is 11.6 Å². The number of carbonyl (C=O) groups excluding carboxylic acids is 1. The number of rotatable bonds is 4. The van der Waals surface area contributed by atoms with Crippen molar-refractivity contribution < 1.29 is 31.9 Å². The van der Waals surface area contributed by atoms with Crippen molar-refractivity contribution in [1.82, 2.24) is 14.9 Å². The molecule has 0 radical (unpaired) electrons. The summed E-state index contributed by atoms with van der Waals surface area (Å²) in [5, 5.41) is -0.0149. The normalized spacial score (nSPS) is 22.4. The zero-order valence-corrected chi connectivity index (χ0v) is 20.8. The number of oxazole rings is 1. The highest BCUT2D eigenvalue weighted by molar-refractivity contribution is 6.31. The van der Waals surface area contributed by atoms with Gasteiger partial charge in [0.25, 0.3) is 11.9 Å². The molecule has 0 aliphatic carbocycles. The minimum absolute atomic E-state index is 0.00458. The number of alkyl halides is 3. The van der Waals surface area contributed by atoms with Crippen LogP contribution in [0.2, 0.25) is 5.02 Å². The van der Waals surface area contributed by atoms with Crippen LogP contribution < -0.4 is 10.6 Å². The molecule has 9 nitrogen and oxygen atoms in total. The molecule has 0 spiro atoms. The molecule has 4 heterocycles. The van der Waals surface area contributed by atoms with E-state index in [1.807, 2.05) is 4.90 Å². The number of benzene rings is 1. The number of hydrogen-bond acceptors (Lipinski definition) is 8. The Bertz CT molecular complexity index is 1330. The lowest BCUT2D eigenvalue weighted by atomic mass is 9.91. The molecule has 2 aromatic heterocycles. The number of nitrogens with two attached hydrogens (primary N) is 1. The minimum Gasteiger partial charge on any atom is -0.421 e. The van der Waals surface area contributed by atoms with Crippen LogP contribution in [0.1, 0.15) is 29.7 Å². The second-order valence-electron chi connectivity index (χ2n) is 9.15. The number of morpholine rings is 1. The van der Waals surface area contributed by atoms with Crippen LogP contribution >= 0.6 is 11.6 Å². The van der Waals surface area contributed by atoms with Gasteiger partial charge < -0.3 is 29.4 Å². The number of hydrogen-bond donors (Lipinski definition) is 1. The van der Waals surface area contributed by atoms with Gasteiger partial charge in [0, 0.05) is 25.2 Å². The van der Waals surface area contributed by atoms with Gasteiger partial charge in [-0.3, -0.25) is 9.78 Å². The van der Waals surface area contributed by atoms with Crippen molar-refractivity contribution in [2.24, 2.45) is 0 Å². The molecule has 37 heavy (non-hydrogen) atoms. The van der Waals surface area contributed by atoms with E-state index in [1.54, 1.807) is 25.1 Å². The van der Waals surface area contributed by atoms with Crippen molar-refractivity contribution in [1.29, 1.82) is 0 Å². The Hall–Kier alpha value is -3.09. The minimum atomic E-state index is -4.50. The quantitative estimate of drug-likeness (QED) is 0.533. The summed E-state index contributed by atoms with van der Waals surface area (Å²) in [7, 11) is 1.54. The number of halogens is 4. The summed E-state index contributed by atoms with van der Waals surface area (Å²) in [4.78, 5) is 25.6. The molecule has 13 heteroatoms. The molecule has 0 bridgehead atoms. The van der Waals surface area contributed by atoms with E-state index in [-0.39, 0.29) is 43.1 Å². The summed E-state index contributed by atoms with van der Waals surface area (Å²) >= 11 is 6.30. The van der Waals surface area contributed by atoms with Gasteiger partial charge in [0.1, 0.15) is 11.2 Å². The third kappa shape index (κ3) is 4.80. The van der Waals surface area contributed by atoms with Gasteiger partial charge in [0.2, 0.25) is 0 Å². The lowest BCUT2D eigenvalue weighted by Crippen LogP contribution is -2.56. The van der Waals surface area contributed by atoms with Crippen LogP contribution in [0.4, 0.5) is 24.9 Å². The zero-order valence-electron chi connectivity index (χ0n) is 20.1. The number of fused-ring (bicyclic) bond motifs is 2. The van der Waals surface area contributed by atoms with Gasteiger partial charge >= 0.3 is 6.18 Å². The van der Waals surface area contributed by atoms with Crippen LogP contribution in [0, 0.1) is 0 Å². The van der Waals surface area contributed by atoms with E-state index in [9.17, 15) is 18.0 Å². The first kappa shape index (κ1) is 25.6. The Labute approximate surface area is 215 Å². The molecule has 5 rings (SSSR count). The molecule has 1 saturated heterocycles. The third-order valence-corrected chi connectivity index (χ3v) is 7.08. The van der Waals surface area contributed by atoms with Crippen LogP contribution in [0.3, 0.4) is 0 Å². The van der Waals surface area contributed by atoms with Crippen LogP contribution in [0.15, 0.2) is 28.9 Å². The summed E-state index contributed by atoms with van der Waals surface area (Å²) in [5.74, 6) is -0.294. The van der Waals surface area contributed by atoms with Crippen LogP contribution in [-0.2, 0) is 26.9 Å². The van der Waals surface area contributed by atoms with Gasteiger partial charge in [-0.25, -0.2) is 0 Å². The fourth-order valence-electron chi connectivity index (χ4n) is 5.12. The monoisotopic (exact) mass is 539 g/mol. The summed E-state index contributed by atoms with van der Waals surface area (Å²) in [5.41, 5.74) is 7.49. The Morgan fingerprint density at radius 2 is 2.08 bits per heavy atom. The molecular formula is C24H25ClF3N5O4. The predicted molar refractivity (Wildman–Crippen MR) is 129 cm³/mol. The Morgan fingerprint density at radius 3 is 2.81 bits per heavy atom. The molecular weight excluding hydrogens is 515 g/mol. The van der Waals surface area contributed by atoms with Crippen molar-refractivity contribution in [2.45, 2.75) is 37.8 Å². The topological polar surface area (TPSA) is 107 Å². The highest BCUT2D eigenvalue weighted by Gasteiger charge is 2.40. The number of ether oxygens (including phenoxy) is 2. The first-order chi connectivity index (χ1) is 17.6. The lowest BCUT2D eigenvalue weighted by Gasteiger charge is -2.42. The molecule has 1 amide bonds. The Balaban J connectivity index is 1.42. The highest BCUT2D eigenvalue weighted by atomic mass is 35.5. The van der Waals surface area contributed by atoms with E-state index in [2.05, 4.69) is 9.97 Å². The molecule has 1 fully saturated rings. The standard InChI is InChI=1S/C24H25ClF3N5O4/c1-12-20-13(5-14(6-16(20)25)24(26,27)28)3-4-33(12)22(34)19-10-32(9-15(36-19)11-35-2)18-8-30-7-17-21(18)37-23(29)31-17/h5-8,12,15,19H,3-4,9-11H2,1-2H3,(H2,29,31)/t12-,15-,19+/m0/s1. The Morgan fingerprint density at radius 1 is 1.30 bits per heavy atom. The number of carbonyl (C=O) groups is 1. The number of methoxy groups -OCH3 is 1. The SMILES string of the molecule is COC[C@@H]1CN(c2cncc3nc(N)oc23)C[C@H](C(=O)N2CCc3cc(C(F)(F)F)cc(Cl)c3[C@@H]2C)O1. The fourth-order valence-corrected chi connectivity index (χ4v) is 5.52. The van der Waals surface area contributed by atoms with Crippen molar-refractivity contribution in [3.05, 3.63) is 46.2 Å². The number of aromatic nitrogens is 2. The van der Waals surface area contributed by atoms with Crippen LogP contribution in [0.25, 0.3) is 11.1 Å². The molecule has 0 unspecified atom stereocenters. The average Bonchev–Trinajstić information content (AvgIpc) is 3.23. The largest absolute Gasteiger partial charge is 0.421 e. The van der Waals surface area contributed by atoms with Crippen molar-refractivity contribution >= 4 is 40.3 Å². The number of amides is 1. The maximum absolute atomic E-state index is 13.7. The first-order valence-electron chi connectivity index (χ1n) is 11.7. The number of pyridine rings is 1. The van der Waals surface area contributed by atoms with Gasteiger partial charge in [0.15, 0.2) is 11.7 Å². The summed E-state index contributed by atoms with van der Waals surface area (Å²) in [6, 6.07) is 1.49. The van der Waals surface area contributed by atoms with Gasteiger partial charge in [-0.05, 0) is 36.6 Å². The van der Waals surface area contributed by atoms with Gasteiger partial charge in [0.05, 0.1) is 43.3 Å². The second kappa shape index (κ2) is 9.66. The third-order valence-electron chi connectivity index (χ3n) is 6.76. The summed E-state index contributed by atoms with van der Waals surface area (Å²) in [6.07, 6.45) is -2.42. The predicted octanol–water partition coefficient (Wildman–Crippen LogP) is 3.84. The van der Waals surface area contributed by atoms with E-state index >= 15 is 0 Å². The molecule has 0 saturated carbocycles. The molecule has 3 atom stereocenters. The van der Waals surface area contributed by atoms with Crippen molar-refractivity contribution in [3.63, 3.8) is 0 Å². The average molecular weight is 540 g/mol. The Kier molecular flexibility index (Phi) is 6.67. The smallest absolute Gasteiger partial charge is 0.416 e. The van der Waals surface area contributed by atoms with Crippen LogP contribution in [-0.4, -0.2) is 66.3 Å². The maximum atomic E-state index is 13.7.